The summed E-state index contributed by atoms with van der Waals surface area (Å²) < 4.78 is 0. The van der Waals surface area contributed by atoms with E-state index in [9.17, 15) is 14.9 Å². The number of para-hydroxylation sites is 1. The molecule has 4 rings (SSSR count). The first kappa shape index (κ1) is 17.9. The summed E-state index contributed by atoms with van der Waals surface area (Å²) in [4.78, 5) is 30.0. The Bertz CT molecular complexity index is 1210. The number of non-ortho nitro benzene ring substituents is 1. The minimum atomic E-state index is -0.493. The minimum absolute atomic E-state index is 0.0336. The highest BCUT2D eigenvalue weighted by Crippen LogP contribution is 2.25. The average molecular weight is 394 g/mol. The Morgan fingerprint density at radius 1 is 1.21 bits per heavy atom. The van der Waals surface area contributed by atoms with Gasteiger partial charge in [-0.3, -0.25) is 14.9 Å². The Hall–Kier alpha value is -3.53. The number of H-pyrrole nitrogens is 1. The highest BCUT2D eigenvalue weighted by molar-refractivity contribution is 7.99. The lowest BCUT2D eigenvalue weighted by atomic mass is 10.1. The van der Waals surface area contributed by atoms with Gasteiger partial charge in [0.1, 0.15) is 5.52 Å². The monoisotopic (exact) mass is 394 g/mol. The van der Waals surface area contributed by atoms with Gasteiger partial charge < -0.3 is 10.3 Å². The van der Waals surface area contributed by atoms with Crippen molar-refractivity contribution in [2.24, 2.45) is 0 Å². The summed E-state index contributed by atoms with van der Waals surface area (Å²) in [5, 5.41) is 23.0. The van der Waals surface area contributed by atoms with Gasteiger partial charge in [-0.25, -0.2) is 4.98 Å². The second-order valence-corrected chi connectivity index (χ2v) is 7.00. The van der Waals surface area contributed by atoms with Crippen LogP contribution in [-0.2, 0) is 4.79 Å². The molecule has 0 unspecified atom stereocenters. The number of nitro benzene ring substituents is 1. The lowest BCUT2D eigenvalue weighted by Gasteiger charge is -2.04. The number of fused-ring (bicyclic) bond motifs is 3. The molecule has 2 N–H and O–H groups in total. The lowest BCUT2D eigenvalue weighted by Crippen LogP contribution is -2.14. The minimum Gasteiger partial charge on any atom is -0.337 e. The van der Waals surface area contributed by atoms with Crippen LogP contribution in [0.4, 0.5) is 11.4 Å². The zero-order valence-corrected chi connectivity index (χ0v) is 15.5. The van der Waals surface area contributed by atoms with E-state index in [1.54, 1.807) is 0 Å². The standard InChI is InChI=1S/C18H14N6O3S/c1-10-3-2-4-13-15(10)20-17-16(13)22-23-18(21-17)28-9-14(25)19-11-5-7-12(8-6-11)24(26)27/h2-8H,9H2,1H3,(H,19,25)(H,20,21,23). The maximum atomic E-state index is 12.1. The zero-order valence-electron chi connectivity index (χ0n) is 14.7. The Balaban J connectivity index is 1.44. The third-order valence-corrected chi connectivity index (χ3v) is 4.97. The maximum Gasteiger partial charge on any atom is 0.269 e. The molecule has 0 aliphatic carbocycles. The van der Waals surface area contributed by atoms with Crippen LogP contribution in [0.1, 0.15) is 5.56 Å². The third kappa shape index (κ3) is 3.49. The molecular weight excluding hydrogens is 380 g/mol. The van der Waals surface area contributed by atoms with Crippen LogP contribution in [-0.4, -0.2) is 36.7 Å². The Morgan fingerprint density at radius 2 is 2.00 bits per heavy atom. The molecule has 2 aromatic carbocycles. The van der Waals surface area contributed by atoms with Gasteiger partial charge in [0.15, 0.2) is 5.65 Å². The second kappa shape index (κ2) is 7.24. The number of hydrogen-bond donors (Lipinski definition) is 2. The molecule has 0 radical (unpaired) electrons. The van der Waals surface area contributed by atoms with Crippen LogP contribution in [0.5, 0.6) is 0 Å². The quantitative estimate of drug-likeness (QED) is 0.301. The van der Waals surface area contributed by atoms with E-state index in [4.69, 9.17) is 0 Å². The summed E-state index contributed by atoms with van der Waals surface area (Å²) in [6.45, 7) is 2.00. The lowest BCUT2D eigenvalue weighted by molar-refractivity contribution is -0.384. The molecule has 0 fully saturated rings. The molecule has 10 heteroatoms. The third-order valence-electron chi connectivity index (χ3n) is 4.13. The van der Waals surface area contributed by atoms with Crippen LogP contribution in [0, 0.1) is 17.0 Å². The summed E-state index contributed by atoms with van der Waals surface area (Å²) >= 11 is 1.16. The average Bonchev–Trinajstić information content (AvgIpc) is 3.06. The van der Waals surface area contributed by atoms with Crippen molar-refractivity contribution in [2.75, 3.05) is 11.1 Å². The van der Waals surface area contributed by atoms with Gasteiger partial charge in [0, 0.05) is 23.2 Å². The number of carbonyl (C=O) groups is 1. The molecule has 28 heavy (non-hydrogen) atoms. The van der Waals surface area contributed by atoms with E-state index in [1.807, 2.05) is 25.1 Å². The van der Waals surface area contributed by atoms with E-state index in [-0.39, 0.29) is 17.3 Å². The topological polar surface area (TPSA) is 127 Å². The summed E-state index contributed by atoms with van der Waals surface area (Å²) in [6, 6.07) is 11.6. The summed E-state index contributed by atoms with van der Waals surface area (Å²) in [7, 11) is 0. The highest BCUT2D eigenvalue weighted by Gasteiger charge is 2.12. The highest BCUT2D eigenvalue weighted by atomic mass is 32.2. The predicted molar refractivity (Wildman–Crippen MR) is 106 cm³/mol. The second-order valence-electron chi connectivity index (χ2n) is 6.05. The molecule has 2 heterocycles. The fraction of sp³-hybridized carbons (Fsp3) is 0.111. The number of carbonyl (C=O) groups excluding carboxylic acids is 1. The summed E-state index contributed by atoms with van der Waals surface area (Å²) in [6.07, 6.45) is 0. The normalized spacial score (nSPS) is 11.0. The molecule has 0 atom stereocenters. The first-order valence-electron chi connectivity index (χ1n) is 8.30. The molecule has 0 saturated carbocycles. The number of nitrogens with zero attached hydrogens (tertiary/aromatic N) is 4. The van der Waals surface area contributed by atoms with Crippen molar-refractivity contribution < 1.29 is 9.72 Å². The largest absolute Gasteiger partial charge is 0.337 e. The van der Waals surface area contributed by atoms with E-state index in [1.165, 1.54) is 24.3 Å². The van der Waals surface area contributed by atoms with Gasteiger partial charge in [0.25, 0.3) is 5.69 Å². The number of hydrogen-bond acceptors (Lipinski definition) is 7. The summed E-state index contributed by atoms with van der Waals surface area (Å²) in [5.41, 5.74) is 3.83. The van der Waals surface area contributed by atoms with Crippen molar-refractivity contribution in [2.45, 2.75) is 12.1 Å². The van der Waals surface area contributed by atoms with Crippen molar-refractivity contribution in [1.82, 2.24) is 20.2 Å². The SMILES string of the molecule is Cc1cccc2c1[nH]c1nc(SCC(=O)Nc3ccc([N+](=O)[O-])cc3)nnc12. The van der Waals surface area contributed by atoms with E-state index in [0.29, 0.717) is 22.0 Å². The molecule has 0 aliphatic rings. The Labute approximate surface area is 162 Å². The van der Waals surface area contributed by atoms with Crippen molar-refractivity contribution in [1.29, 1.82) is 0 Å². The first-order valence-corrected chi connectivity index (χ1v) is 9.28. The molecular formula is C18H14N6O3S. The number of aromatic amines is 1. The van der Waals surface area contributed by atoms with Crippen molar-refractivity contribution in [3.63, 3.8) is 0 Å². The van der Waals surface area contributed by atoms with Crippen LogP contribution < -0.4 is 5.32 Å². The molecule has 0 aliphatic heterocycles. The van der Waals surface area contributed by atoms with Crippen LogP contribution in [0.2, 0.25) is 0 Å². The Kier molecular flexibility index (Phi) is 4.62. The van der Waals surface area contributed by atoms with Gasteiger partial charge in [0.05, 0.1) is 16.2 Å². The van der Waals surface area contributed by atoms with Crippen LogP contribution >= 0.6 is 11.8 Å². The smallest absolute Gasteiger partial charge is 0.269 e. The number of aromatic nitrogens is 4. The molecule has 2 aromatic heterocycles. The van der Waals surface area contributed by atoms with Gasteiger partial charge >= 0.3 is 0 Å². The molecule has 0 saturated heterocycles. The number of nitrogens with one attached hydrogen (secondary N) is 2. The molecule has 140 valence electrons. The number of amides is 1. The van der Waals surface area contributed by atoms with E-state index < -0.39 is 4.92 Å². The van der Waals surface area contributed by atoms with E-state index in [0.717, 1.165) is 28.2 Å². The number of rotatable bonds is 5. The van der Waals surface area contributed by atoms with E-state index >= 15 is 0 Å². The van der Waals surface area contributed by atoms with Gasteiger partial charge in [-0.05, 0) is 24.6 Å². The van der Waals surface area contributed by atoms with Crippen LogP contribution in [0.25, 0.3) is 22.1 Å². The van der Waals surface area contributed by atoms with Crippen molar-refractivity contribution in [3.8, 4) is 0 Å². The van der Waals surface area contributed by atoms with Gasteiger partial charge in [-0.2, -0.15) is 0 Å². The summed E-state index contributed by atoms with van der Waals surface area (Å²) in [5.74, 6) is -0.182. The van der Waals surface area contributed by atoms with Crippen molar-refractivity contribution in [3.05, 3.63) is 58.1 Å². The molecule has 0 spiro atoms. The number of benzene rings is 2. The zero-order chi connectivity index (χ0) is 19.7. The van der Waals surface area contributed by atoms with Crippen molar-refractivity contribution >= 4 is 51.1 Å². The van der Waals surface area contributed by atoms with Crippen LogP contribution in [0.15, 0.2) is 47.6 Å². The number of anilines is 1. The fourth-order valence-electron chi connectivity index (χ4n) is 2.78. The fourth-order valence-corrected chi connectivity index (χ4v) is 3.37. The van der Waals surface area contributed by atoms with E-state index in [2.05, 4.69) is 25.5 Å². The molecule has 9 nitrogen and oxygen atoms in total. The van der Waals surface area contributed by atoms with Gasteiger partial charge in [-0.15, -0.1) is 10.2 Å². The van der Waals surface area contributed by atoms with Gasteiger partial charge in [0.2, 0.25) is 11.1 Å². The van der Waals surface area contributed by atoms with Crippen LogP contribution in [0.3, 0.4) is 0 Å². The number of nitro groups is 1. The number of aryl methyl sites for hydroxylation is 1. The molecule has 4 aromatic rings. The Morgan fingerprint density at radius 3 is 2.75 bits per heavy atom. The predicted octanol–water partition coefficient (Wildman–Crippen LogP) is 3.45. The first-order chi connectivity index (χ1) is 13.5. The maximum absolute atomic E-state index is 12.1. The molecule has 0 bridgehead atoms. The number of thioether (sulfide) groups is 1. The molecule has 1 amide bonds. The van der Waals surface area contributed by atoms with Gasteiger partial charge in [-0.1, -0.05) is 30.0 Å².